The number of hydrogen-bond acceptors (Lipinski definition) is 5. The molecule has 2 aromatic rings. The van der Waals surface area contributed by atoms with Crippen molar-refractivity contribution in [3.05, 3.63) is 46.8 Å². The van der Waals surface area contributed by atoms with Gasteiger partial charge < -0.3 is 14.9 Å². The molecule has 0 radical (unpaired) electrons. The van der Waals surface area contributed by atoms with Crippen molar-refractivity contribution in [2.75, 3.05) is 0 Å². The van der Waals surface area contributed by atoms with E-state index in [0.717, 1.165) is 53.3 Å². The van der Waals surface area contributed by atoms with Gasteiger partial charge in [0, 0.05) is 22.3 Å². The van der Waals surface area contributed by atoms with Crippen molar-refractivity contribution in [1.29, 1.82) is 0 Å². The van der Waals surface area contributed by atoms with Gasteiger partial charge in [0.1, 0.15) is 5.76 Å². The van der Waals surface area contributed by atoms with E-state index >= 15 is 0 Å². The fourth-order valence-electron chi connectivity index (χ4n) is 3.12. The van der Waals surface area contributed by atoms with Gasteiger partial charge in [-0.05, 0) is 51.7 Å². The molecule has 1 aromatic heterocycles. The molecular formula is C19H24N2O3S. The third kappa shape index (κ3) is 4.44. The molecule has 1 aliphatic carbocycles. The Morgan fingerprint density at radius 1 is 1.28 bits per heavy atom. The summed E-state index contributed by atoms with van der Waals surface area (Å²) in [6.07, 6.45) is 2.97. The lowest BCUT2D eigenvalue weighted by atomic mass is 9.93. The molecule has 0 unspecified atom stereocenters. The van der Waals surface area contributed by atoms with E-state index in [1.54, 1.807) is 11.8 Å². The molecule has 1 fully saturated rings. The van der Waals surface area contributed by atoms with Crippen LogP contribution in [-0.4, -0.2) is 28.3 Å². The third-order valence-corrected chi connectivity index (χ3v) is 5.82. The summed E-state index contributed by atoms with van der Waals surface area (Å²) in [5.74, 6) is 1.51. The van der Waals surface area contributed by atoms with Gasteiger partial charge in [-0.3, -0.25) is 4.79 Å². The Bertz CT molecular complexity index is 717. The van der Waals surface area contributed by atoms with Crippen LogP contribution < -0.4 is 5.32 Å². The van der Waals surface area contributed by atoms with Gasteiger partial charge in [-0.1, -0.05) is 17.3 Å². The topological polar surface area (TPSA) is 75.4 Å². The molecule has 5 nitrogen and oxygen atoms in total. The van der Waals surface area contributed by atoms with Crippen LogP contribution in [0.3, 0.4) is 0 Å². The zero-order valence-electron chi connectivity index (χ0n) is 14.6. The number of nitrogens with one attached hydrogen (secondary N) is 1. The number of nitrogens with zero attached hydrogens (tertiary/aromatic N) is 1. The molecular weight excluding hydrogens is 336 g/mol. The van der Waals surface area contributed by atoms with E-state index in [9.17, 15) is 9.90 Å². The lowest BCUT2D eigenvalue weighted by Crippen LogP contribution is -2.38. The van der Waals surface area contributed by atoms with Crippen molar-refractivity contribution in [3.8, 4) is 0 Å². The average molecular weight is 360 g/mol. The van der Waals surface area contributed by atoms with E-state index < -0.39 is 0 Å². The van der Waals surface area contributed by atoms with Crippen LogP contribution in [0.2, 0.25) is 0 Å². The van der Waals surface area contributed by atoms with E-state index in [2.05, 4.69) is 10.5 Å². The van der Waals surface area contributed by atoms with Crippen LogP contribution in [0.25, 0.3) is 0 Å². The molecule has 0 saturated heterocycles. The zero-order chi connectivity index (χ0) is 17.8. The van der Waals surface area contributed by atoms with Crippen molar-refractivity contribution in [1.82, 2.24) is 10.5 Å². The maximum absolute atomic E-state index is 12.7. The number of rotatable bonds is 5. The first-order valence-electron chi connectivity index (χ1n) is 8.67. The second-order valence-corrected chi connectivity index (χ2v) is 7.58. The molecule has 0 spiro atoms. The Morgan fingerprint density at radius 2 is 2.00 bits per heavy atom. The number of amides is 1. The van der Waals surface area contributed by atoms with E-state index in [0.29, 0.717) is 5.56 Å². The first-order chi connectivity index (χ1) is 12.0. The van der Waals surface area contributed by atoms with Gasteiger partial charge in [0.25, 0.3) is 5.91 Å². The Labute approximate surface area is 152 Å². The predicted molar refractivity (Wildman–Crippen MR) is 97.7 cm³/mol. The van der Waals surface area contributed by atoms with Crippen molar-refractivity contribution in [2.45, 2.75) is 62.3 Å². The number of benzene rings is 1. The summed E-state index contributed by atoms with van der Waals surface area (Å²) in [4.78, 5) is 13.6. The largest absolute Gasteiger partial charge is 0.393 e. The summed E-state index contributed by atoms with van der Waals surface area (Å²) in [6, 6.07) is 7.82. The average Bonchev–Trinajstić information content (AvgIpc) is 2.93. The molecule has 1 heterocycles. The minimum Gasteiger partial charge on any atom is -0.393 e. The van der Waals surface area contributed by atoms with Gasteiger partial charge in [-0.15, -0.1) is 11.8 Å². The maximum atomic E-state index is 12.7. The van der Waals surface area contributed by atoms with Crippen LogP contribution in [-0.2, 0) is 5.75 Å². The highest BCUT2D eigenvalue weighted by atomic mass is 32.2. The smallest absolute Gasteiger partial charge is 0.252 e. The van der Waals surface area contributed by atoms with Gasteiger partial charge in [0.05, 0.1) is 17.4 Å². The number of hydrogen-bond donors (Lipinski definition) is 2. The first-order valence-corrected chi connectivity index (χ1v) is 9.65. The number of aliphatic hydroxyl groups is 1. The first kappa shape index (κ1) is 18.0. The molecule has 6 heteroatoms. The molecule has 1 saturated carbocycles. The number of aromatic nitrogens is 1. The summed E-state index contributed by atoms with van der Waals surface area (Å²) in [7, 11) is 0. The van der Waals surface area contributed by atoms with E-state index in [4.69, 9.17) is 4.52 Å². The van der Waals surface area contributed by atoms with Gasteiger partial charge in [0.15, 0.2) is 0 Å². The molecule has 0 aliphatic heterocycles. The van der Waals surface area contributed by atoms with Crippen LogP contribution in [0, 0.1) is 13.8 Å². The molecule has 134 valence electrons. The normalized spacial score (nSPS) is 20.4. The van der Waals surface area contributed by atoms with Gasteiger partial charge in [-0.25, -0.2) is 0 Å². The number of aryl methyl sites for hydroxylation is 2. The quantitative estimate of drug-likeness (QED) is 0.797. The van der Waals surface area contributed by atoms with Crippen LogP contribution in [0.4, 0.5) is 0 Å². The van der Waals surface area contributed by atoms with E-state index in [-0.39, 0.29) is 18.1 Å². The van der Waals surface area contributed by atoms with Gasteiger partial charge in [0.2, 0.25) is 0 Å². The van der Waals surface area contributed by atoms with Crippen LogP contribution >= 0.6 is 11.8 Å². The minimum absolute atomic E-state index is 0.0387. The summed E-state index contributed by atoms with van der Waals surface area (Å²) in [6.45, 7) is 3.84. The summed E-state index contributed by atoms with van der Waals surface area (Å²) in [5, 5.41) is 16.7. The molecule has 0 atom stereocenters. The minimum atomic E-state index is -0.217. The monoisotopic (exact) mass is 360 g/mol. The fourth-order valence-corrected chi connectivity index (χ4v) is 4.32. The number of carbonyl (C=O) groups is 1. The molecule has 1 aliphatic rings. The predicted octanol–water partition coefficient (Wildman–Crippen LogP) is 3.62. The van der Waals surface area contributed by atoms with Crippen LogP contribution in [0.5, 0.6) is 0 Å². The summed E-state index contributed by atoms with van der Waals surface area (Å²) in [5.41, 5.74) is 2.68. The fraction of sp³-hybridized carbons (Fsp3) is 0.474. The standard InChI is InChI=1S/C19H24N2O3S/c1-12-17(13(2)24-21-12)11-25-18-6-4-3-5-16(18)19(23)20-14-7-9-15(22)10-8-14/h3-6,14-15,22H,7-11H2,1-2H3,(H,20,23). The van der Waals surface area contributed by atoms with Crippen molar-refractivity contribution >= 4 is 17.7 Å². The Balaban J connectivity index is 1.67. The molecule has 2 N–H and O–H groups in total. The van der Waals surface area contributed by atoms with Crippen LogP contribution in [0.1, 0.15) is 53.1 Å². The van der Waals surface area contributed by atoms with Crippen LogP contribution in [0.15, 0.2) is 33.7 Å². The maximum Gasteiger partial charge on any atom is 0.252 e. The molecule has 3 rings (SSSR count). The summed E-state index contributed by atoms with van der Waals surface area (Å²) >= 11 is 1.62. The lowest BCUT2D eigenvalue weighted by molar-refractivity contribution is 0.0865. The van der Waals surface area contributed by atoms with Gasteiger partial charge >= 0.3 is 0 Å². The molecule has 1 amide bonds. The SMILES string of the molecule is Cc1noc(C)c1CSc1ccccc1C(=O)NC1CCC(O)CC1. The van der Waals surface area contributed by atoms with E-state index in [1.807, 2.05) is 38.1 Å². The molecule has 0 bridgehead atoms. The Morgan fingerprint density at radius 3 is 2.68 bits per heavy atom. The number of aliphatic hydroxyl groups excluding tert-OH is 1. The molecule has 25 heavy (non-hydrogen) atoms. The zero-order valence-corrected chi connectivity index (χ0v) is 15.4. The summed E-state index contributed by atoms with van der Waals surface area (Å²) < 4.78 is 5.21. The highest BCUT2D eigenvalue weighted by molar-refractivity contribution is 7.98. The van der Waals surface area contributed by atoms with Crippen molar-refractivity contribution < 1.29 is 14.4 Å². The molecule has 1 aromatic carbocycles. The highest BCUT2D eigenvalue weighted by Crippen LogP contribution is 2.29. The Hall–Kier alpha value is -1.79. The second kappa shape index (κ2) is 8.06. The van der Waals surface area contributed by atoms with Crippen molar-refractivity contribution in [2.24, 2.45) is 0 Å². The second-order valence-electron chi connectivity index (χ2n) is 6.57. The number of carbonyl (C=O) groups excluding carboxylic acids is 1. The Kier molecular flexibility index (Phi) is 5.81. The van der Waals surface area contributed by atoms with E-state index in [1.165, 1.54) is 0 Å². The lowest BCUT2D eigenvalue weighted by Gasteiger charge is -2.26. The van der Waals surface area contributed by atoms with Crippen molar-refractivity contribution in [3.63, 3.8) is 0 Å². The third-order valence-electron chi connectivity index (χ3n) is 4.72. The highest BCUT2D eigenvalue weighted by Gasteiger charge is 2.22. The number of thioether (sulfide) groups is 1. The van der Waals surface area contributed by atoms with Gasteiger partial charge in [-0.2, -0.15) is 0 Å².